The standard InChI is InChI=1S/C13H12BrCl3N2O/c14-9-4-2-8(3-5-9)12(6-1-7-12)10(18)19-11(20)13(15,16)17/h2-5H,1,6-7H2,(H2,18,19,20). The highest BCUT2D eigenvalue weighted by Gasteiger charge is 2.43. The number of halogens is 4. The molecule has 1 saturated carbocycles. The third-order valence-corrected chi connectivity index (χ3v) is 4.57. The van der Waals surface area contributed by atoms with Crippen LogP contribution in [0.4, 0.5) is 0 Å². The number of benzene rings is 1. The highest BCUT2D eigenvalue weighted by molar-refractivity contribution is 9.10. The maximum absolute atomic E-state index is 11.7. The molecule has 2 N–H and O–H groups in total. The van der Waals surface area contributed by atoms with E-state index in [9.17, 15) is 4.79 Å². The average Bonchev–Trinajstić information content (AvgIpc) is 2.28. The Hall–Kier alpha value is -0.290. The van der Waals surface area contributed by atoms with Crippen LogP contribution in [0.1, 0.15) is 24.8 Å². The first-order chi connectivity index (χ1) is 9.25. The molecule has 1 amide bonds. The number of amidine groups is 1. The van der Waals surface area contributed by atoms with Crippen LogP contribution in [0.5, 0.6) is 0 Å². The summed E-state index contributed by atoms with van der Waals surface area (Å²) in [6.07, 6.45) is 2.68. The maximum Gasteiger partial charge on any atom is 0.299 e. The van der Waals surface area contributed by atoms with Gasteiger partial charge in [0.2, 0.25) is 0 Å². The molecule has 0 atom stereocenters. The molecule has 3 nitrogen and oxygen atoms in total. The summed E-state index contributed by atoms with van der Waals surface area (Å²) in [6, 6.07) is 7.79. The third-order valence-electron chi connectivity index (χ3n) is 3.56. The summed E-state index contributed by atoms with van der Waals surface area (Å²) in [5.41, 5.74) is 6.62. The second-order valence-electron chi connectivity index (χ2n) is 4.74. The second kappa shape index (κ2) is 5.84. The summed E-state index contributed by atoms with van der Waals surface area (Å²) in [5.74, 6) is -0.647. The molecule has 0 saturated heterocycles. The molecular formula is C13H12BrCl3N2O. The van der Waals surface area contributed by atoms with Crippen LogP contribution < -0.4 is 5.73 Å². The lowest BCUT2D eigenvalue weighted by Gasteiger charge is -2.41. The Bertz CT molecular complexity index is 548. The van der Waals surface area contributed by atoms with E-state index >= 15 is 0 Å². The minimum atomic E-state index is -2.07. The number of rotatable bonds is 2. The molecule has 20 heavy (non-hydrogen) atoms. The van der Waals surface area contributed by atoms with Crippen molar-refractivity contribution >= 4 is 62.5 Å². The summed E-state index contributed by atoms with van der Waals surface area (Å²) >= 11 is 19.9. The molecule has 0 spiro atoms. The number of nitrogens with zero attached hydrogens (tertiary/aromatic N) is 1. The number of hydrogen-bond donors (Lipinski definition) is 1. The lowest BCUT2D eigenvalue weighted by Crippen LogP contribution is -2.47. The van der Waals surface area contributed by atoms with Crippen LogP contribution >= 0.6 is 50.7 Å². The van der Waals surface area contributed by atoms with E-state index in [0.29, 0.717) is 0 Å². The van der Waals surface area contributed by atoms with Gasteiger partial charge in [0.25, 0.3) is 9.70 Å². The number of nitrogens with two attached hydrogens (primary N) is 1. The minimum Gasteiger partial charge on any atom is -0.386 e. The Morgan fingerprint density at radius 3 is 2.20 bits per heavy atom. The molecule has 108 valence electrons. The van der Waals surface area contributed by atoms with Crippen molar-refractivity contribution in [3.8, 4) is 0 Å². The molecule has 1 fully saturated rings. The third kappa shape index (κ3) is 3.14. The van der Waals surface area contributed by atoms with Gasteiger partial charge < -0.3 is 5.73 Å². The zero-order valence-corrected chi connectivity index (χ0v) is 14.2. The maximum atomic E-state index is 11.7. The molecule has 0 unspecified atom stereocenters. The molecule has 1 aromatic rings. The van der Waals surface area contributed by atoms with Gasteiger partial charge in [-0.3, -0.25) is 4.79 Å². The highest BCUT2D eigenvalue weighted by Crippen LogP contribution is 2.44. The fraction of sp³-hybridized carbons (Fsp3) is 0.385. The van der Waals surface area contributed by atoms with Crippen molar-refractivity contribution in [3.63, 3.8) is 0 Å². The van der Waals surface area contributed by atoms with Crippen LogP contribution in [-0.2, 0) is 10.2 Å². The van der Waals surface area contributed by atoms with Gasteiger partial charge in [0.05, 0.1) is 5.41 Å². The van der Waals surface area contributed by atoms with Crippen molar-refractivity contribution in [3.05, 3.63) is 34.3 Å². The number of carbonyl (C=O) groups excluding carboxylic acids is 1. The monoisotopic (exact) mass is 396 g/mol. The van der Waals surface area contributed by atoms with Crippen molar-refractivity contribution in [1.29, 1.82) is 0 Å². The number of amides is 1. The highest BCUT2D eigenvalue weighted by atomic mass is 79.9. The van der Waals surface area contributed by atoms with E-state index < -0.39 is 15.1 Å². The van der Waals surface area contributed by atoms with E-state index in [0.717, 1.165) is 29.3 Å². The van der Waals surface area contributed by atoms with Crippen molar-refractivity contribution in [2.45, 2.75) is 28.5 Å². The number of hydrogen-bond acceptors (Lipinski definition) is 1. The summed E-state index contributed by atoms with van der Waals surface area (Å²) in [7, 11) is 0. The minimum absolute atomic E-state index is 0.211. The van der Waals surface area contributed by atoms with Gasteiger partial charge in [-0.25, -0.2) is 0 Å². The fourth-order valence-electron chi connectivity index (χ4n) is 2.27. The van der Waals surface area contributed by atoms with E-state index in [1.54, 1.807) is 0 Å². The summed E-state index contributed by atoms with van der Waals surface area (Å²) < 4.78 is -1.10. The molecule has 2 rings (SSSR count). The van der Waals surface area contributed by atoms with Crippen molar-refractivity contribution in [1.82, 2.24) is 0 Å². The smallest absolute Gasteiger partial charge is 0.299 e. The van der Waals surface area contributed by atoms with Gasteiger partial charge in [-0.2, -0.15) is 4.99 Å². The molecular weight excluding hydrogens is 386 g/mol. The van der Waals surface area contributed by atoms with Crippen molar-refractivity contribution < 1.29 is 4.79 Å². The van der Waals surface area contributed by atoms with Crippen LogP contribution in [-0.4, -0.2) is 15.5 Å². The summed E-state index contributed by atoms with van der Waals surface area (Å²) in [4.78, 5) is 15.5. The van der Waals surface area contributed by atoms with Gasteiger partial charge in [-0.15, -0.1) is 0 Å². The van der Waals surface area contributed by atoms with E-state index in [1.807, 2.05) is 24.3 Å². The van der Waals surface area contributed by atoms with Gasteiger partial charge in [0.1, 0.15) is 5.84 Å². The van der Waals surface area contributed by atoms with Crippen LogP contribution in [0.2, 0.25) is 0 Å². The first-order valence-electron chi connectivity index (χ1n) is 5.97. The zero-order chi connectivity index (χ0) is 15.0. The number of alkyl halides is 3. The van der Waals surface area contributed by atoms with E-state index in [-0.39, 0.29) is 5.84 Å². The molecule has 0 aromatic heterocycles. The largest absolute Gasteiger partial charge is 0.386 e. The molecule has 0 heterocycles. The van der Waals surface area contributed by atoms with Crippen LogP contribution in [0.15, 0.2) is 33.7 Å². The molecule has 0 radical (unpaired) electrons. The quantitative estimate of drug-likeness (QED) is 0.463. The Morgan fingerprint density at radius 1 is 1.25 bits per heavy atom. The van der Waals surface area contributed by atoms with Gasteiger partial charge in [-0.05, 0) is 30.5 Å². The SMILES string of the molecule is NC(=NC(=O)C(Cl)(Cl)Cl)C1(c2ccc(Br)cc2)CCC1. The van der Waals surface area contributed by atoms with Gasteiger partial charge in [0.15, 0.2) is 0 Å². The van der Waals surface area contributed by atoms with Crippen LogP contribution in [0.25, 0.3) is 0 Å². The normalized spacial score (nSPS) is 18.5. The van der Waals surface area contributed by atoms with Crippen molar-refractivity contribution in [2.24, 2.45) is 10.7 Å². The summed E-state index contributed by atoms with van der Waals surface area (Å²) in [6.45, 7) is 0. The molecule has 1 aromatic carbocycles. The molecule has 1 aliphatic carbocycles. The second-order valence-corrected chi connectivity index (χ2v) is 7.94. The predicted molar refractivity (Wildman–Crippen MR) is 86.6 cm³/mol. The average molecular weight is 399 g/mol. The molecule has 0 bridgehead atoms. The molecule has 1 aliphatic rings. The van der Waals surface area contributed by atoms with Gasteiger partial charge in [-0.1, -0.05) is 69.3 Å². The lowest BCUT2D eigenvalue weighted by molar-refractivity contribution is -0.117. The predicted octanol–water partition coefficient (Wildman–Crippen LogP) is 4.12. The van der Waals surface area contributed by atoms with E-state index in [2.05, 4.69) is 20.9 Å². The van der Waals surface area contributed by atoms with Crippen LogP contribution in [0, 0.1) is 0 Å². The number of aliphatic imine (C=N–C) groups is 1. The molecule has 0 aliphatic heterocycles. The van der Waals surface area contributed by atoms with Gasteiger partial charge >= 0.3 is 0 Å². The van der Waals surface area contributed by atoms with Crippen molar-refractivity contribution in [2.75, 3.05) is 0 Å². The number of carbonyl (C=O) groups is 1. The zero-order valence-electron chi connectivity index (χ0n) is 10.4. The van der Waals surface area contributed by atoms with Crippen LogP contribution in [0.3, 0.4) is 0 Å². The first-order valence-corrected chi connectivity index (χ1v) is 7.90. The Balaban J connectivity index is 2.34. The lowest BCUT2D eigenvalue weighted by atomic mass is 9.63. The summed E-state index contributed by atoms with van der Waals surface area (Å²) in [5, 5.41) is 0. The Morgan fingerprint density at radius 2 is 1.80 bits per heavy atom. The Kier molecular flexibility index (Phi) is 4.69. The fourth-order valence-corrected chi connectivity index (χ4v) is 2.66. The van der Waals surface area contributed by atoms with Gasteiger partial charge in [0, 0.05) is 4.47 Å². The topological polar surface area (TPSA) is 55.4 Å². The molecule has 7 heteroatoms. The first kappa shape index (κ1) is 16.1. The Labute approximate surface area is 140 Å². The van der Waals surface area contributed by atoms with E-state index in [1.165, 1.54) is 0 Å². The van der Waals surface area contributed by atoms with E-state index in [4.69, 9.17) is 40.5 Å².